The van der Waals surface area contributed by atoms with Crippen molar-refractivity contribution in [2.24, 2.45) is 0 Å². The van der Waals surface area contributed by atoms with E-state index in [9.17, 15) is 14.3 Å². The number of carbonyl (C=O) groups is 1. The topological polar surface area (TPSA) is 95.6 Å². The first kappa shape index (κ1) is 18.3. The molecule has 0 aliphatic carbocycles. The van der Waals surface area contributed by atoms with E-state index in [1.807, 2.05) is 6.07 Å². The Hall–Kier alpha value is -3.07. The zero-order chi connectivity index (χ0) is 19.7. The third-order valence-electron chi connectivity index (χ3n) is 4.81. The molecule has 2 N–H and O–H groups in total. The average molecular weight is 384 g/mol. The summed E-state index contributed by atoms with van der Waals surface area (Å²) < 4.78 is 15.2. The Labute approximate surface area is 161 Å². The van der Waals surface area contributed by atoms with Gasteiger partial charge in [-0.05, 0) is 37.5 Å². The molecule has 3 aromatic rings. The van der Waals surface area contributed by atoms with Gasteiger partial charge in [-0.25, -0.2) is 13.9 Å². The van der Waals surface area contributed by atoms with Crippen LogP contribution in [-0.2, 0) is 0 Å². The highest BCUT2D eigenvalue weighted by molar-refractivity contribution is 5.99. The number of hydrogen-bond acceptors (Lipinski definition) is 6. The summed E-state index contributed by atoms with van der Waals surface area (Å²) in [5, 5.41) is 16.2. The van der Waals surface area contributed by atoms with Gasteiger partial charge in [-0.2, -0.15) is 5.10 Å². The molecule has 2 atom stereocenters. The van der Waals surface area contributed by atoms with E-state index in [1.165, 1.54) is 23.0 Å². The molecule has 8 nitrogen and oxygen atoms in total. The number of hydrogen-bond donors (Lipinski definition) is 2. The van der Waals surface area contributed by atoms with E-state index in [1.54, 1.807) is 19.3 Å². The SMILES string of the molecule is C[C@@H](O)CNC(=O)c1cnn2ccc(N3CCC[C@@H]3c3cncc(F)c3)nc12. The third-order valence-corrected chi connectivity index (χ3v) is 4.81. The summed E-state index contributed by atoms with van der Waals surface area (Å²) >= 11 is 0. The fourth-order valence-electron chi connectivity index (χ4n) is 3.51. The van der Waals surface area contributed by atoms with Gasteiger partial charge >= 0.3 is 0 Å². The quantitative estimate of drug-likeness (QED) is 0.695. The van der Waals surface area contributed by atoms with Crippen LogP contribution in [0.4, 0.5) is 10.2 Å². The standard InChI is InChI=1S/C19H21FN6O2/c1-12(27)8-22-19(28)15-11-23-26-6-4-17(24-18(15)26)25-5-2-3-16(25)13-7-14(20)10-21-9-13/h4,6-7,9-12,16,27H,2-3,5,8H2,1H3,(H,22,28)/t12-,16-/m1/s1. The van der Waals surface area contributed by atoms with Crippen LogP contribution in [0, 0.1) is 5.82 Å². The lowest BCUT2D eigenvalue weighted by atomic mass is 10.1. The Bertz CT molecular complexity index is 1010. The van der Waals surface area contributed by atoms with E-state index in [2.05, 4.69) is 25.3 Å². The molecule has 0 radical (unpaired) electrons. The number of nitrogens with one attached hydrogen (secondary N) is 1. The molecular weight excluding hydrogens is 363 g/mol. The lowest BCUT2D eigenvalue weighted by molar-refractivity contribution is 0.0925. The predicted molar refractivity (Wildman–Crippen MR) is 101 cm³/mol. The number of anilines is 1. The van der Waals surface area contributed by atoms with Crippen LogP contribution in [0.15, 0.2) is 36.9 Å². The summed E-state index contributed by atoms with van der Waals surface area (Å²) in [4.78, 5) is 23.1. The molecule has 146 valence electrons. The summed E-state index contributed by atoms with van der Waals surface area (Å²) in [5.74, 6) is -0.00203. The van der Waals surface area contributed by atoms with Crippen molar-refractivity contribution in [3.05, 3.63) is 53.9 Å². The van der Waals surface area contributed by atoms with E-state index in [-0.39, 0.29) is 24.3 Å². The Morgan fingerprint density at radius 2 is 2.29 bits per heavy atom. The number of rotatable bonds is 5. The molecule has 0 saturated carbocycles. The molecule has 3 aromatic heterocycles. The van der Waals surface area contributed by atoms with Crippen LogP contribution < -0.4 is 10.2 Å². The first-order chi connectivity index (χ1) is 13.5. The Morgan fingerprint density at radius 3 is 3.07 bits per heavy atom. The maximum atomic E-state index is 13.6. The average Bonchev–Trinajstić information content (AvgIpc) is 3.32. The second-order valence-corrected chi connectivity index (χ2v) is 6.96. The summed E-state index contributed by atoms with van der Waals surface area (Å²) in [6.45, 7) is 2.53. The maximum absolute atomic E-state index is 13.6. The molecule has 0 unspecified atom stereocenters. The Balaban J connectivity index is 1.65. The highest BCUT2D eigenvalue weighted by Gasteiger charge is 2.28. The zero-order valence-corrected chi connectivity index (χ0v) is 15.4. The Kier molecular flexibility index (Phi) is 4.91. The van der Waals surface area contributed by atoms with Crippen molar-refractivity contribution in [3.8, 4) is 0 Å². The summed E-state index contributed by atoms with van der Waals surface area (Å²) in [5.41, 5.74) is 1.58. The van der Waals surface area contributed by atoms with Crippen LogP contribution in [-0.4, -0.2) is 49.8 Å². The number of nitrogens with zero attached hydrogens (tertiary/aromatic N) is 5. The summed E-state index contributed by atoms with van der Waals surface area (Å²) in [7, 11) is 0. The van der Waals surface area contributed by atoms with Crippen LogP contribution in [0.25, 0.3) is 5.65 Å². The Morgan fingerprint density at radius 1 is 1.43 bits per heavy atom. The molecule has 4 heterocycles. The van der Waals surface area contributed by atoms with Gasteiger partial charge in [-0.3, -0.25) is 9.78 Å². The molecular formula is C19H21FN6O2. The normalized spacial score (nSPS) is 17.8. The highest BCUT2D eigenvalue weighted by Crippen LogP contribution is 2.35. The van der Waals surface area contributed by atoms with Crippen molar-refractivity contribution in [3.63, 3.8) is 0 Å². The smallest absolute Gasteiger partial charge is 0.256 e. The zero-order valence-electron chi connectivity index (χ0n) is 15.4. The van der Waals surface area contributed by atoms with Gasteiger partial charge in [0.05, 0.1) is 24.5 Å². The molecule has 4 rings (SSSR count). The largest absolute Gasteiger partial charge is 0.392 e. The molecule has 1 fully saturated rings. The minimum Gasteiger partial charge on any atom is -0.392 e. The number of carbonyl (C=O) groups excluding carboxylic acids is 1. The van der Waals surface area contributed by atoms with Crippen molar-refractivity contribution in [1.82, 2.24) is 24.9 Å². The molecule has 0 bridgehead atoms. The van der Waals surface area contributed by atoms with Crippen molar-refractivity contribution in [2.75, 3.05) is 18.0 Å². The highest BCUT2D eigenvalue weighted by atomic mass is 19.1. The fraction of sp³-hybridized carbons (Fsp3) is 0.368. The number of aliphatic hydroxyl groups is 1. The van der Waals surface area contributed by atoms with Crippen molar-refractivity contribution in [2.45, 2.75) is 31.9 Å². The number of halogens is 1. The van der Waals surface area contributed by atoms with Gasteiger partial charge in [0.15, 0.2) is 5.65 Å². The van der Waals surface area contributed by atoms with Gasteiger partial charge in [0.25, 0.3) is 5.91 Å². The van der Waals surface area contributed by atoms with Crippen LogP contribution in [0.1, 0.15) is 41.7 Å². The van der Waals surface area contributed by atoms with E-state index >= 15 is 0 Å². The lowest BCUT2D eigenvalue weighted by Gasteiger charge is -2.26. The molecule has 0 spiro atoms. The molecule has 1 aliphatic rings. The number of fused-ring (bicyclic) bond motifs is 1. The van der Waals surface area contributed by atoms with Crippen LogP contribution in [0.2, 0.25) is 0 Å². The number of aliphatic hydroxyl groups excluding tert-OH is 1. The van der Waals surface area contributed by atoms with Crippen LogP contribution in [0.3, 0.4) is 0 Å². The minimum absolute atomic E-state index is 0.0198. The molecule has 1 amide bonds. The minimum atomic E-state index is -0.639. The third kappa shape index (κ3) is 3.53. The van der Waals surface area contributed by atoms with Gasteiger partial charge < -0.3 is 15.3 Å². The summed E-state index contributed by atoms with van der Waals surface area (Å²) in [6.07, 6.45) is 7.27. The summed E-state index contributed by atoms with van der Waals surface area (Å²) in [6, 6.07) is 3.32. The van der Waals surface area contributed by atoms with Crippen molar-refractivity contribution < 1.29 is 14.3 Å². The van der Waals surface area contributed by atoms with Crippen LogP contribution >= 0.6 is 0 Å². The predicted octanol–water partition coefficient (Wildman–Crippen LogP) is 1.72. The second-order valence-electron chi connectivity index (χ2n) is 6.96. The molecule has 1 saturated heterocycles. The maximum Gasteiger partial charge on any atom is 0.256 e. The van der Waals surface area contributed by atoms with E-state index < -0.39 is 6.10 Å². The molecule has 9 heteroatoms. The lowest BCUT2D eigenvalue weighted by Crippen LogP contribution is -2.30. The molecule has 0 aromatic carbocycles. The fourth-order valence-corrected chi connectivity index (χ4v) is 3.51. The van der Waals surface area contributed by atoms with Gasteiger partial charge in [0.1, 0.15) is 17.2 Å². The van der Waals surface area contributed by atoms with Crippen LogP contribution in [0.5, 0.6) is 0 Å². The number of aromatic nitrogens is 4. The van der Waals surface area contributed by atoms with E-state index in [0.29, 0.717) is 17.0 Å². The van der Waals surface area contributed by atoms with Gasteiger partial charge in [0, 0.05) is 25.5 Å². The van der Waals surface area contributed by atoms with E-state index in [0.717, 1.165) is 24.9 Å². The number of pyridine rings is 1. The first-order valence-electron chi connectivity index (χ1n) is 9.20. The second kappa shape index (κ2) is 7.51. The molecule has 28 heavy (non-hydrogen) atoms. The molecule has 1 aliphatic heterocycles. The van der Waals surface area contributed by atoms with Gasteiger partial charge in [0.2, 0.25) is 0 Å². The number of amides is 1. The van der Waals surface area contributed by atoms with E-state index in [4.69, 9.17) is 0 Å². The van der Waals surface area contributed by atoms with Gasteiger partial charge in [-0.1, -0.05) is 0 Å². The van der Waals surface area contributed by atoms with Crippen molar-refractivity contribution in [1.29, 1.82) is 0 Å². The first-order valence-corrected chi connectivity index (χ1v) is 9.20. The van der Waals surface area contributed by atoms with Gasteiger partial charge in [-0.15, -0.1) is 0 Å². The monoisotopic (exact) mass is 384 g/mol. The van der Waals surface area contributed by atoms with Crippen molar-refractivity contribution >= 4 is 17.4 Å².